The average Bonchev–Trinajstić information content (AvgIpc) is 2.40. The van der Waals surface area contributed by atoms with E-state index in [0.717, 1.165) is 6.42 Å². The molecule has 1 aliphatic heterocycles. The van der Waals surface area contributed by atoms with Crippen LogP contribution in [0.2, 0.25) is 0 Å². The summed E-state index contributed by atoms with van der Waals surface area (Å²) in [6.45, 7) is 3.92. The summed E-state index contributed by atoms with van der Waals surface area (Å²) in [5.41, 5.74) is 0.600. The topological polar surface area (TPSA) is 38.7 Å². The van der Waals surface area contributed by atoms with E-state index in [9.17, 15) is 5.11 Å². The molecular weight excluding hydrogens is 204 g/mol. The van der Waals surface area contributed by atoms with Gasteiger partial charge in [-0.3, -0.25) is 0 Å². The predicted octanol–water partition coefficient (Wildman–Crippen LogP) is 2.98. The molecule has 0 bridgehead atoms. The van der Waals surface area contributed by atoms with Crippen molar-refractivity contribution in [3.63, 3.8) is 0 Å². The van der Waals surface area contributed by atoms with Gasteiger partial charge in [0.2, 0.25) is 0 Å². The van der Waals surface area contributed by atoms with Crippen molar-refractivity contribution in [1.29, 1.82) is 0 Å². The Morgan fingerprint density at radius 2 is 1.88 bits per heavy atom. The van der Waals surface area contributed by atoms with Gasteiger partial charge in [0.05, 0.1) is 11.7 Å². The maximum absolute atomic E-state index is 9.85. The maximum atomic E-state index is 9.85. The molecule has 16 heavy (non-hydrogen) atoms. The number of hydrogen-bond donors (Lipinski definition) is 1. The van der Waals surface area contributed by atoms with Gasteiger partial charge in [0.15, 0.2) is 0 Å². The van der Waals surface area contributed by atoms with Gasteiger partial charge in [-0.05, 0) is 26.0 Å². The zero-order valence-electron chi connectivity index (χ0n) is 9.51. The summed E-state index contributed by atoms with van der Waals surface area (Å²) in [5, 5.41) is 9.85. The molecule has 0 amide bonds. The van der Waals surface area contributed by atoms with Gasteiger partial charge in [0.1, 0.15) is 11.9 Å². The number of aliphatic hydroxyl groups is 1. The molecule has 3 nitrogen and oxygen atoms in total. The summed E-state index contributed by atoms with van der Waals surface area (Å²) < 4.78 is 11.2. The summed E-state index contributed by atoms with van der Waals surface area (Å²) in [4.78, 5) is 0. The third-order valence-electron chi connectivity index (χ3n) is 2.53. The quantitative estimate of drug-likeness (QED) is 0.682. The zero-order chi connectivity index (χ0) is 11.5. The lowest BCUT2D eigenvalue weighted by Crippen LogP contribution is -2.22. The lowest BCUT2D eigenvalue weighted by atomic mass is 10.1. The Labute approximate surface area is 95.4 Å². The van der Waals surface area contributed by atoms with Gasteiger partial charge in [-0.2, -0.15) is 0 Å². The summed E-state index contributed by atoms with van der Waals surface area (Å²) in [7, 11) is 0. The van der Waals surface area contributed by atoms with Crippen molar-refractivity contribution in [2.75, 3.05) is 0 Å². The molecule has 2 aliphatic rings. The second kappa shape index (κ2) is 4.47. The fraction of sp³-hybridized carbons (Fsp3) is 0.385. The Morgan fingerprint density at radius 1 is 1.12 bits per heavy atom. The number of ether oxygens (including phenoxy) is 2. The first-order valence-corrected chi connectivity index (χ1v) is 5.49. The predicted molar refractivity (Wildman–Crippen MR) is 61.7 cm³/mol. The van der Waals surface area contributed by atoms with Gasteiger partial charge in [0.25, 0.3) is 5.95 Å². The van der Waals surface area contributed by atoms with Crippen LogP contribution in [0.4, 0.5) is 0 Å². The van der Waals surface area contributed by atoms with Gasteiger partial charge < -0.3 is 14.6 Å². The average molecular weight is 220 g/mol. The molecule has 86 valence electrons. The van der Waals surface area contributed by atoms with Gasteiger partial charge >= 0.3 is 0 Å². The van der Waals surface area contributed by atoms with Crippen molar-refractivity contribution in [3.8, 4) is 0 Å². The van der Waals surface area contributed by atoms with E-state index in [0.29, 0.717) is 11.3 Å². The molecule has 3 heteroatoms. The molecule has 1 N–H and O–H groups in total. The van der Waals surface area contributed by atoms with E-state index in [1.165, 1.54) is 0 Å². The lowest BCUT2D eigenvalue weighted by Gasteiger charge is -2.25. The number of fused-ring (bicyclic) bond motifs is 1. The van der Waals surface area contributed by atoms with E-state index in [1.807, 2.05) is 38.2 Å². The van der Waals surface area contributed by atoms with Crippen LogP contribution in [0.15, 0.2) is 47.7 Å². The highest BCUT2D eigenvalue weighted by atomic mass is 16.6. The van der Waals surface area contributed by atoms with E-state index in [-0.39, 0.29) is 18.2 Å². The van der Waals surface area contributed by atoms with Crippen LogP contribution in [0.3, 0.4) is 0 Å². The fourth-order valence-corrected chi connectivity index (χ4v) is 1.84. The van der Waals surface area contributed by atoms with Crippen molar-refractivity contribution >= 4 is 0 Å². The van der Waals surface area contributed by atoms with Crippen LogP contribution < -0.4 is 0 Å². The minimum absolute atomic E-state index is 0.0475. The molecule has 0 saturated heterocycles. The van der Waals surface area contributed by atoms with Crippen molar-refractivity contribution in [2.45, 2.75) is 32.5 Å². The Balaban J connectivity index is 2.39. The van der Waals surface area contributed by atoms with E-state index in [4.69, 9.17) is 9.47 Å². The van der Waals surface area contributed by atoms with Gasteiger partial charge in [-0.25, -0.2) is 0 Å². The number of rotatable bonds is 0. The summed E-state index contributed by atoms with van der Waals surface area (Å²) in [6.07, 6.45) is 10.0. The van der Waals surface area contributed by atoms with Crippen LogP contribution in [-0.2, 0) is 9.47 Å². The Hall–Kier alpha value is -1.64. The van der Waals surface area contributed by atoms with Crippen LogP contribution >= 0.6 is 0 Å². The largest absolute Gasteiger partial charge is 0.490 e. The minimum Gasteiger partial charge on any atom is -0.490 e. The van der Waals surface area contributed by atoms with E-state index >= 15 is 0 Å². The number of hydrogen-bond acceptors (Lipinski definition) is 3. The third kappa shape index (κ3) is 2.30. The normalized spacial score (nSPS) is 33.8. The van der Waals surface area contributed by atoms with Crippen molar-refractivity contribution in [3.05, 3.63) is 47.7 Å². The molecule has 0 fully saturated rings. The van der Waals surface area contributed by atoms with Gasteiger partial charge in [-0.1, -0.05) is 18.2 Å². The Bertz CT molecular complexity index is 388. The first-order valence-electron chi connectivity index (χ1n) is 5.49. The molecule has 1 aliphatic carbocycles. The molecule has 0 spiro atoms. The van der Waals surface area contributed by atoms with E-state index in [1.54, 1.807) is 6.08 Å². The Kier molecular flexibility index (Phi) is 3.04. The Morgan fingerprint density at radius 3 is 2.69 bits per heavy atom. The first kappa shape index (κ1) is 10.9. The summed E-state index contributed by atoms with van der Waals surface area (Å²) >= 11 is 0. The molecule has 0 aromatic rings. The monoisotopic (exact) mass is 220 g/mol. The van der Waals surface area contributed by atoms with Crippen molar-refractivity contribution in [1.82, 2.24) is 0 Å². The van der Waals surface area contributed by atoms with Crippen LogP contribution in [-0.4, -0.2) is 17.3 Å². The molecule has 1 heterocycles. The molecular formula is C13H16O3. The number of aliphatic hydroxyl groups excluding tert-OH is 1. The molecule has 2 atom stereocenters. The standard InChI is InChI=1S/C13H16O3/c1-9-8-10(2)16-13(14)11-6-4-3-5-7-12(11)15-9/h3-7,9-10,14H,8H2,1-2H3/b13-11-/t9-,10-/m0/s1. The van der Waals surface area contributed by atoms with Gasteiger partial charge in [-0.15, -0.1) is 0 Å². The fourth-order valence-electron chi connectivity index (χ4n) is 1.84. The highest BCUT2D eigenvalue weighted by Gasteiger charge is 2.22. The van der Waals surface area contributed by atoms with E-state index < -0.39 is 0 Å². The SMILES string of the molecule is C[C@H]1C[C@H](C)O/C(O)=C2/C=CC=CC=C2O1. The highest BCUT2D eigenvalue weighted by molar-refractivity contribution is 5.42. The maximum Gasteiger partial charge on any atom is 0.288 e. The molecule has 0 saturated carbocycles. The van der Waals surface area contributed by atoms with E-state index in [2.05, 4.69) is 0 Å². The van der Waals surface area contributed by atoms with Crippen LogP contribution in [0, 0.1) is 0 Å². The minimum atomic E-state index is -0.0643. The van der Waals surface area contributed by atoms with Crippen LogP contribution in [0.5, 0.6) is 0 Å². The second-order valence-corrected chi connectivity index (χ2v) is 4.09. The summed E-state index contributed by atoms with van der Waals surface area (Å²) in [6, 6.07) is 0. The molecule has 0 unspecified atom stereocenters. The smallest absolute Gasteiger partial charge is 0.288 e. The van der Waals surface area contributed by atoms with Crippen LogP contribution in [0.25, 0.3) is 0 Å². The third-order valence-corrected chi connectivity index (χ3v) is 2.53. The summed E-state index contributed by atoms with van der Waals surface area (Å²) in [5.74, 6) is 0.590. The highest BCUT2D eigenvalue weighted by Crippen LogP contribution is 2.26. The molecule has 0 aromatic carbocycles. The van der Waals surface area contributed by atoms with Crippen LogP contribution in [0.1, 0.15) is 20.3 Å². The second-order valence-electron chi connectivity index (χ2n) is 4.09. The molecule has 0 radical (unpaired) electrons. The first-order chi connectivity index (χ1) is 7.66. The zero-order valence-corrected chi connectivity index (χ0v) is 9.51. The van der Waals surface area contributed by atoms with Crippen molar-refractivity contribution < 1.29 is 14.6 Å². The molecule has 0 aromatic heterocycles. The lowest BCUT2D eigenvalue weighted by molar-refractivity contribution is -0.00685. The molecule has 2 rings (SSSR count). The van der Waals surface area contributed by atoms with Gasteiger partial charge in [0, 0.05) is 6.42 Å². The van der Waals surface area contributed by atoms with Crippen molar-refractivity contribution in [2.24, 2.45) is 0 Å². The number of allylic oxidation sites excluding steroid dienone is 5.